The smallest absolute Gasteiger partial charge is 0.254 e. The molecule has 1 aliphatic heterocycles. The van der Waals surface area contributed by atoms with E-state index in [0.717, 1.165) is 41.0 Å². The highest BCUT2D eigenvalue weighted by molar-refractivity contribution is 14.1. The molecule has 94 valence electrons. The Bertz CT molecular complexity index is 392. The molecular formula is C12H16INO2S. The monoisotopic (exact) mass is 365 g/mol. The van der Waals surface area contributed by atoms with Crippen molar-refractivity contribution in [1.29, 1.82) is 0 Å². The molecule has 0 saturated carbocycles. The van der Waals surface area contributed by atoms with Crippen LogP contribution in [0, 0.1) is 2.88 Å². The van der Waals surface area contributed by atoms with Crippen LogP contribution >= 0.6 is 33.9 Å². The average molecular weight is 365 g/mol. The lowest BCUT2D eigenvalue weighted by Crippen LogP contribution is -2.43. The zero-order valence-electron chi connectivity index (χ0n) is 9.82. The van der Waals surface area contributed by atoms with Gasteiger partial charge in [0.15, 0.2) is 0 Å². The Labute approximate surface area is 119 Å². The minimum absolute atomic E-state index is 0.147. The van der Waals surface area contributed by atoms with Gasteiger partial charge in [0.25, 0.3) is 5.91 Å². The Kier molecular flexibility index (Phi) is 4.81. The lowest BCUT2D eigenvalue weighted by Gasteiger charge is -2.32. The molecule has 1 aromatic rings. The predicted octanol–water partition coefficient (Wildman–Crippen LogP) is 2.99. The van der Waals surface area contributed by atoms with Crippen LogP contribution < -0.4 is 0 Å². The third kappa shape index (κ3) is 3.42. The zero-order valence-corrected chi connectivity index (χ0v) is 12.8. The van der Waals surface area contributed by atoms with Crippen LogP contribution in [0.15, 0.2) is 11.4 Å². The number of nitrogens with zero attached hydrogens (tertiary/aromatic N) is 1. The van der Waals surface area contributed by atoms with Crippen molar-refractivity contribution in [2.45, 2.75) is 25.9 Å². The number of amides is 1. The largest absolute Gasteiger partial charge is 0.377 e. The number of carbonyl (C=O) groups excluding carboxylic acids is 1. The molecule has 1 aliphatic rings. The van der Waals surface area contributed by atoms with Gasteiger partial charge in [0.05, 0.1) is 14.6 Å². The third-order valence-electron chi connectivity index (χ3n) is 2.88. The van der Waals surface area contributed by atoms with Crippen LogP contribution in [0.4, 0.5) is 0 Å². The summed E-state index contributed by atoms with van der Waals surface area (Å²) in [5, 5.41) is 1.94. The minimum atomic E-state index is 0.147. The van der Waals surface area contributed by atoms with E-state index >= 15 is 0 Å². The van der Waals surface area contributed by atoms with Gasteiger partial charge >= 0.3 is 0 Å². The number of halogens is 1. The van der Waals surface area contributed by atoms with Crippen LogP contribution in [0.2, 0.25) is 0 Å². The van der Waals surface area contributed by atoms with E-state index in [1.807, 2.05) is 23.3 Å². The van der Waals surface area contributed by atoms with Gasteiger partial charge in [0.1, 0.15) is 0 Å². The second-order valence-corrected chi connectivity index (χ2v) is 6.92. The van der Waals surface area contributed by atoms with Crippen LogP contribution in [0.5, 0.6) is 0 Å². The van der Waals surface area contributed by atoms with Gasteiger partial charge < -0.3 is 9.64 Å². The molecular weight excluding hydrogens is 349 g/mol. The molecule has 0 N–H and O–H groups in total. The summed E-state index contributed by atoms with van der Waals surface area (Å²) in [5.41, 5.74) is 0.816. The summed E-state index contributed by atoms with van der Waals surface area (Å²) in [6.45, 7) is 4.32. The van der Waals surface area contributed by atoms with Crippen LogP contribution in [0.3, 0.4) is 0 Å². The molecule has 0 radical (unpaired) electrons. The van der Waals surface area contributed by atoms with Crippen molar-refractivity contribution in [2.75, 3.05) is 19.7 Å². The maximum atomic E-state index is 12.2. The number of piperidine rings is 1. The van der Waals surface area contributed by atoms with Crippen LogP contribution in [0.25, 0.3) is 0 Å². The van der Waals surface area contributed by atoms with Gasteiger partial charge in [-0.05, 0) is 48.4 Å². The highest BCUT2D eigenvalue weighted by Crippen LogP contribution is 2.20. The molecule has 17 heavy (non-hydrogen) atoms. The Morgan fingerprint density at radius 3 is 3.18 bits per heavy atom. The summed E-state index contributed by atoms with van der Waals surface area (Å²) in [6.07, 6.45) is 2.33. The molecule has 1 aromatic heterocycles. The first kappa shape index (κ1) is 13.3. The van der Waals surface area contributed by atoms with E-state index in [-0.39, 0.29) is 12.0 Å². The van der Waals surface area contributed by atoms with Gasteiger partial charge in [-0.25, -0.2) is 0 Å². The normalized spacial score (nSPS) is 20.6. The van der Waals surface area contributed by atoms with Gasteiger partial charge in [0.2, 0.25) is 0 Å². The molecule has 0 aliphatic carbocycles. The van der Waals surface area contributed by atoms with E-state index in [9.17, 15) is 4.79 Å². The molecule has 2 heterocycles. The number of hydrogen-bond donors (Lipinski definition) is 0. The van der Waals surface area contributed by atoms with E-state index in [1.54, 1.807) is 11.3 Å². The molecule has 2 rings (SSSR count). The molecule has 0 bridgehead atoms. The van der Waals surface area contributed by atoms with Crippen molar-refractivity contribution in [3.05, 3.63) is 19.9 Å². The highest BCUT2D eigenvalue weighted by Gasteiger charge is 2.25. The van der Waals surface area contributed by atoms with Gasteiger partial charge in [-0.15, -0.1) is 11.3 Å². The molecule has 5 heteroatoms. The van der Waals surface area contributed by atoms with Gasteiger partial charge in [-0.1, -0.05) is 0 Å². The summed E-state index contributed by atoms with van der Waals surface area (Å²) in [5.74, 6) is 0.147. The second kappa shape index (κ2) is 6.15. The Morgan fingerprint density at radius 2 is 2.53 bits per heavy atom. The summed E-state index contributed by atoms with van der Waals surface area (Å²) >= 11 is 3.86. The number of hydrogen-bond acceptors (Lipinski definition) is 3. The lowest BCUT2D eigenvalue weighted by molar-refractivity contribution is 0.00726. The Hall–Kier alpha value is -0.140. The molecule has 1 fully saturated rings. The predicted molar refractivity (Wildman–Crippen MR) is 77.6 cm³/mol. The molecule has 0 spiro atoms. The summed E-state index contributed by atoms with van der Waals surface area (Å²) < 4.78 is 6.77. The molecule has 3 nitrogen and oxygen atoms in total. The fourth-order valence-electron chi connectivity index (χ4n) is 2.10. The first-order chi connectivity index (χ1) is 8.20. The third-order valence-corrected chi connectivity index (χ3v) is 4.67. The Morgan fingerprint density at radius 1 is 1.71 bits per heavy atom. The van der Waals surface area contributed by atoms with E-state index in [0.29, 0.717) is 0 Å². The van der Waals surface area contributed by atoms with E-state index in [1.165, 1.54) is 0 Å². The van der Waals surface area contributed by atoms with Gasteiger partial charge in [0, 0.05) is 25.1 Å². The molecule has 0 aromatic carbocycles. The van der Waals surface area contributed by atoms with E-state index in [2.05, 4.69) is 22.6 Å². The number of ether oxygens (including phenoxy) is 1. The molecule has 1 saturated heterocycles. The van der Waals surface area contributed by atoms with Crippen molar-refractivity contribution in [2.24, 2.45) is 0 Å². The van der Waals surface area contributed by atoms with Crippen molar-refractivity contribution in [3.63, 3.8) is 0 Å². The van der Waals surface area contributed by atoms with Crippen molar-refractivity contribution >= 4 is 39.8 Å². The molecule has 1 unspecified atom stereocenters. The zero-order chi connectivity index (χ0) is 12.3. The van der Waals surface area contributed by atoms with Gasteiger partial charge in [-0.2, -0.15) is 0 Å². The quantitative estimate of drug-likeness (QED) is 0.771. The number of carbonyl (C=O) groups is 1. The van der Waals surface area contributed by atoms with E-state index in [4.69, 9.17) is 4.74 Å². The number of thiophene rings is 1. The SMILES string of the molecule is CCOC1CCCN(C(=O)c2csc(I)c2)C1. The minimum Gasteiger partial charge on any atom is -0.377 e. The maximum absolute atomic E-state index is 12.2. The standard InChI is InChI=1S/C12H16INO2S/c1-2-16-10-4-3-5-14(7-10)12(15)9-6-11(13)17-8-9/h6,8,10H,2-5,7H2,1H3. The number of rotatable bonds is 3. The van der Waals surface area contributed by atoms with Crippen LogP contribution in [0.1, 0.15) is 30.1 Å². The Balaban J connectivity index is 1.99. The van der Waals surface area contributed by atoms with Crippen molar-refractivity contribution < 1.29 is 9.53 Å². The first-order valence-electron chi connectivity index (χ1n) is 5.85. The average Bonchev–Trinajstić information content (AvgIpc) is 2.76. The van der Waals surface area contributed by atoms with Crippen LogP contribution in [-0.4, -0.2) is 36.6 Å². The summed E-state index contributed by atoms with van der Waals surface area (Å²) in [4.78, 5) is 14.2. The summed E-state index contributed by atoms with van der Waals surface area (Å²) in [7, 11) is 0. The first-order valence-corrected chi connectivity index (χ1v) is 7.81. The molecule has 1 atom stereocenters. The maximum Gasteiger partial charge on any atom is 0.254 e. The van der Waals surface area contributed by atoms with Crippen molar-refractivity contribution in [3.8, 4) is 0 Å². The van der Waals surface area contributed by atoms with Crippen LogP contribution in [-0.2, 0) is 4.74 Å². The second-order valence-electron chi connectivity index (χ2n) is 4.11. The van der Waals surface area contributed by atoms with E-state index < -0.39 is 0 Å². The fraction of sp³-hybridized carbons (Fsp3) is 0.583. The molecule has 1 amide bonds. The van der Waals surface area contributed by atoms with Crippen molar-refractivity contribution in [1.82, 2.24) is 4.90 Å². The fourth-order valence-corrected chi connectivity index (χ4v) is 3.42. The summed E-state index contributed by atoms with van der Waals surface area (Å²) in [6, 6.07) is 1.96. The van der Waals surface area contributed by atoms with Gasteiger partial charge in [-0.3, -0.25) is 4.79 Å². The number of likely N-dealkylation sites (tertiary alicyclic amines) is 1. The topological polar surface area (TPSA) is 29.5 Å². The highest BCUT2D eigenvalue weighted by atomic mass is 127. The lowest BCUT2D eigenvalue weighted by atomic mass is 10.1.